The van der Waals surface area contributed by atoms with Crippen LogP contribution in [0.2, 0.25) is 0 Å². The van der Waals surface area contributed by atoms with E-state index in [1.807, 2.05) is 25.1 Å². The molecule has 0 aliphatic heterocycles. The zero-order chi connectivity index (χ0) is 15.3. The van der Waals surface area contributed by atoms with Gasteiger partial charge in [0.2, 0.25) is 5.91 Å². The molecule has 1 aliphatic rings. The number of aliphatic carboxylic acids is 1. The lowest BCUT2D eigenvalue weighted by molar-refractivity contribution is -0.152. The highest BCUT2D eigenvalue weighted by Crippen LogP contribution is 2.34. The predicted octanol–water partition coefficient (Wildman–Crippen LogP) is 2.16. The molecule has 0 spiro atoms. The largest absolute Gasteiger partial charge is 0.479 e. The summed E-state index contributed by atoms with van der Waals surface area (Å²) in [7, 11) is 0. The van der Waals surface area contributed by atoms with E-state index >= 15 is 0 Å². The van der Waals surface area contributed by atoms with Crippen molar-refractivity contribution in [3.8, 4) is 0 Å². The second-order valence-corrected chi connectivity index (χ2v) is 5.79. The van der Waals surface area contributed by atoms with Gasteiger partial charge < -0.3 is 10.4 Å². The smallest absolute Gasteiger partial charge is 0.329 e. The molecule has 2 atom stereocenters. The molecule has 5 nitrogen and oxygen atoms in total. The van der Waals surface area contributed by atoms with Crippen molar-refractivity contribution in [2.24, 2.45) is 5.92 Å². The van der Waals surface area contributed by atoms with Crippen LogP contribution in [0.3, 0.4) is 0 Å². The maximum atomic E-state index is 12.1. The Bertz CT molecular complexity index is 504. The first kappa shape index (κ1) is 15.5. The highest BCUT2D eigenvalue weighted by molar-refractivity contribution is 5.87. The molecule has 1 heterocycles. The minimum Gasteiger partial charge on any atom is -0.479 e. The summed E-state index contributed by atoms with van der Waals surface area (Å²) in [5.41, 5.74) is -0.256. The average molecular weight is 290 g/mol. The van der Waals surface area contributed by atoms with Crippen molar-refractivity contribution >= 4 is 11.9 Å². The number of pyridine rings is 1. The number of carboxylic acids is 1. The summed E-state index contributed by atoms with van der Waals surface area (Å²) in [6.45, 7) is 1.91. The number of carbonyl (C=O) groups excluding carboxylic acids is 1. The van der Waals surface area contributed by atoms with Gasteiger partial charge in [0.1, 0.15) is 5.54 Å². The second kappa shape index (κ2) is 6.70. The van der Waals surface area contributed by atoms with E-state index in [0.29, 0.717) is 12.8 Å². The predicted molar refractivity (Wildman–Crippen MR) is 78.7 cm³/mol. The zero-order valence-electron chi connectivity index (χ0n) is 12.3. The maximum Gasteiger partial charge on any atom is 0.329 e. The van der Waals surface area contributed by atoms with Crippen LogP contribution in [0.15, 0.2) is 24.4 Å². The summed E-state index contributed by atoms with van der Waals surface area (Å²) >= 11 is 0. The van der Waals surface area contributed by atoms with E-state index in [-0.39, 0.29) is 18.2 Å². The molecule has 1 aliphatic carbocycles. The molecule has 5 heteroatoms. The molecule has 1 aromatic heterocycles. The lowest BCUT2D eigenvalue weighted by atomic mass is 9.73. The van der Waals surface area contributed by atoms with Crippen molar-refractivity contribution in [2.45, 2.75) is 51.0 Å². The van der Waals surface area contributed by atoms with Crippen LogP contribution in [-0.2, 0) is 16.0 Å². The molecule has 0 aromatic carbocycles. The van der Waals surface area contributed by atoms with Crippen molar-refractivity contribution in [3.63, 3.8) is 0 Å². The number of rotatable bonds is 5. The van der Waals surface area contributed by atoms with E-state index in [1.54, 1.807) is 6.20 Å². The molecule has 0 saturated heterocycles. The van der Waals surface area contributed by atoms with Crippen molar-refractivity contribution in [1.29, 1.82) is 0 Å². The molecule has 2 rings (SSSR count). The lowest BCUT2D eigenvalue weighted by Crippen LogP contribution is -2.60. The SMILES string of the molecule is CC1CCCCC1(NC(=O)CCc1ccccn1)C(=O)O. The second-order valence-electron chi connectivity index (χ2n) is 5.79. The van der Waals surface area contributed by atoms with Crippen LogP contribution in [0.1, 0.15) is 44.7 Å². The third-order valence-corrected chi connectivity index (χ3v) is 4.38. The van der Waals surface area contributed by atoms with Crippen LogP contribution in [0.5, 0.6) is 0 Å². The van der Waals surface area contributed by atoms with Gasteiger partial charge >= 0.3 is 5.97 Å². The highest BCUT2D eigenvalue weighted by Gasteiger charge is 2.46. The third-order valence-electron chi connectivity index (χ3n) is 4.38. The number of nitrogens with one attached hydrogen (secondary N) is 1. The van der Waals surface area contributed by atoms with E-state index < -0.39 is 11.5 Å². The van der Waals surface area contributed by atoms with Gasteiger partial charge in [-0.25, -0.2) is 4.79 Å². The zero-order valence-corrected chi connectivity index (χ0v) is 12.3. The van der Waals surface area contributed by atoms with Gasteiger partial charge in [0.05, 0.1) is 0 Å². The molecule has 1 saturated carbocycles. The van der Waals surface area contributed by atoms with E-state index in [2.05, 4.69) is 10.3 Å². The normalized spacial score (nSPS) is 25.3. The first-order valence-corrected chi connectivity index (χ1v) is 7.49. The fourth-order valence-corrected chi connectivity index (χ4v) is 3.00. The number of hydrogen-bond donors (Lipinski definition) is 2. The molecule has 0 radical (unpaired) electrons. The van der Waals surface area contributed by atoms with Crippen LogP contribution >= 0.6 is 0 Å². The summed E-state index contributed by atoms with van der Waals surface area (Å²) in [4.78, 5) is 28.0. The van der Waals surface area contributed by atoms with Crippen molar-refractivity contribution in [2.75, 3.05) is 0 Å². The van der Waals surface area contributed by atoms with Crippen LogP contribution in [0.25, 0.3) is 0 Å². The molecule has 2 N–H and O–H groups in total. The Morgan fingerprint density at radius 2 is 2.24 bits per heavy atom. The number of aromatic nitrogens is 1. The molecular weight excluding hydrogens is 268 g/mol. The fraction of sp³-hybridized carbons (Fsp3) is 0.562. The summed E-state index contributed by atoms with van der Waals surface area (Å²) in [5.74, 6) is -1.17. The van der Waals surface area contributed by atoms with Crippen molar-refractivity contribution in [1.82, 2.24) is 10.3 Å². The molecule has 1 fully saturated rings. The Kier molecular flexibility index (Phi) is 4.94. The number of amides is 1. The van der Waals surface area contributed by atoms with Crippen molar-refractivity contribution < 1.29 is 14.7 Å². The molecule has 0 bridgehead atoms. The lowest BCUT2D eigenvalue weighted by Gasteiger charge is -2.39. The molecular formula is C16H22N2O3. The number of carboxylic acid groups (broad SMARTS) is 1. The first-order chi connectivity index (χ1) is 10.0. The first-order valence-electron chi connectivity index (χ1n) is 7.49. The van der Waals surface area contributed by atoms with Gasteiger partial charge in [0.25, 0.3) is 0 Å². The minimum atomic E-state index is -1.10. The quantitative estimate of drug-likeness (QED) is 0.871. The van der Waals surface area contributed by atoms with Gasteiger partial charge in [-0.2, -0.15) is 0 Å². The highest BCUT2D eigenvalue weighted by atomic mass is 16.4. The molecule has 1 amide bonds. The van der Waals surface area contributed by atoms with Crippen LogP contribution < -0.4 is 5.32 Å². The summed E-state index contributed by atoms with van der Waals surface area (Å²) < 4.78 is 0. The average Bonchev–Trinajstić information content (AvgIpc) is 2.48. The molecule has 1 aromatic rings. The van der Waals surface area contributed by atoms with E-state index in [1.165, 1.54) is 0 Å². The Morgan fingerprint density at radius 1 is 1.43 bits per heavy atom. The fourth-order valence-electron chi connectivity index (χ4n) is 3.00. The minimum absolute atomic E-state index is 0.0393. The topological polar surface area (TPSA) is 79.3 Å². The summed E-state index contributed by atoms with van der Waals surface area (Å²) in [6, 6.07) is 5.57. The van der Waals surface area contributed by atoms with Gasteiger partial charge in [-0.05, 0) is 37.3 Å². The Balaban J connectivity index is 1.97. The van der Waals surface area contributed by atoms with Gasteiger partial charge in [0, 0.05) is 18.3 Å². The van der Waals surface area contributed by atoms with E-state index in [4.69, 9.17) is 0 Å². The van der Waals surface area contributed by atoms with E-state index in [9.17, 15) is 14.7 Å². The third kappa shape index (κ3) is 3.60. The van der Waals surface area contributed by atoms with Gasteiger partial charge in [0.15, 0.2) is 0 Å². The maximum absolute atomic E-state index is 12.1. The molecule has 21 heavy (non-hydrogen) atoms. The monoisotopic (exact) mass is 290 g/mol. The number of nitrogens with zero attached hydrogens (tertiary/aromatic N) is 1. The van der Waals surface area contributed by atoms with E-state index in [0.717, 1.165) is 25.0 Å². The van der Waals surface area contributed by atoms with Gasteiger partial charge in [-0.1, -0.05) is 25.8 Å². The number of carbonyl (C=O) groups is 2. The Morgan fingerprint density at radius 3 is 2.86 bits per heavy atom. The number of aryl methyl sites for hydroxylation is 1. The molecule has 2 unspecified atom stereocenters. The Hall–Kier alpha value is -1.91. The number of hydrogen-bond acceptors (Lipinski definition) is 3. The molecule has 114 valence electrons. The van der Waals surface area contributed by atoms with Crippen LogP contribution in [0.4, 0.5) is 0 Å². The standard InChI is InChI=1S/C16H22N2O3/c1-12-6-2-4-10-16(12,15(20)21)18-14(19)9-8-13-7-3-5-11-17-13/h3,5,7,11-12H,2,4,6,8-10H2,1H3,(H,18,19)(H,20,21). The summed E-state index contributed by atoms with van der Waals surface area (Å²) in [5, 5.41) is 12.4. The van der Waals surface area contributed by atoms with Crippen molar-refractivity contribution in [3.05, 3.63) is 30.1 Å². The van der Waals surface area contributed by atoms with Crippen LogP contribution in [0, 0.1) is 5.92 Å². The van der Waals surface area contributed by atoms with Crippen LogP contribution in [-0.4, -0.2) is 27.5 Å². The summed E-state index contributed by atoms with van der Waals surface area (Å²) in [6.07, 6.45) is 5.70. The Labute approximate surface area is 124 Å². The van der Waals surface area contributed by atoms with Gasteiger partial charge in [-0.3, -0.25) is 9.78 Å². The van der Waals surface area contributed by atoms with Gasteiger partial charge in [-0.15, -0.1) is 0 Å².